The highest BCUT2D eigenvalue weighted by Gasteiger charge is 2.21. The monoisotopic (exact) mass is 205 g/mol. The van der Waals surface area contributed by atoms with E-state index in [1.165, 1.54) is 34.5 Å². The van der Waals surface area contributed by atoms with Crippen molar-refractivity contribution in [3.05, 3.63) is 24.4 Å². The maximum absolute atomic E-state index is 5.69. The first-order chi connectivity index (χ1) is 6.92. The average molecular weight is 205 g/mol. The number of hydrogen-bond acceptors (Lipinski definition) is 3. The summed E-state index contributed by atoms with van der Waals surface area (Å²) < 4.78 is 11.0. The molecule has 1 aromatic carbocycles. The summed E-state index contributed by atoms with van der Waals surface area (Å²) in [7, 11) is 0. The van der Waals surface area contributed by atoms with Gasteiger partial charge in [0, 0.05) is 11.6 Å². The minimum Gasteiger partial charge on any atom is -0.493 e. The normalized spacial score (nSPS) is 16.0. The molecule has 0 unspecified atom stereocenters. The fraction of sp³-hybridized carbons (Fsp3) is 0.364. The maximum Gasteiger partial charge on any atom is 0.120 e. The molecule has 0 bridgehead atoms. The average Bonchev–Trinajstić information content (AvgIpc) is 2.92. The van der Waals surface area contributed by atoms with E-state index in [0.717, 1.165) is 18.3 Å². The fourth-order valence-electron chi connectivity index (χ4n) is 1.43. The summed E-state index contributed by atoms with van der Waals surface area (Å²) in [6.07, 6.45) is 4.57. The summed E-state index contributed by atoms with van der Waals surface area (Å²) in [5.74, 6) is 1.79. The SMILES string of the molecule is c1cc2cnsc2cc1OCC1CC1. The van der Waals surface area contributed by atoms with Crippen LogP contribution in [0.3, 0.4) is 0 Å². The highest BCUT2D eigenvalue weighted by atomic mass is 32.1. The lowest BCUT2D eigenvalue weighted by Gasteiger charge is -2.03. The summed E-state index contributed by atoms with van der Waals surface area (Å²) in [6.45, 7) is 0.879. The summed E-state index contributed by atoms with van der Waals surface area (Å²) >= 11 is 1.52. The number of fused-ring (bicyclic) bond motifs is 1. The van der Waals surface area contributed by atoms with E-state index < -0.39 is 0 Å². The molecule has 1 aromatic heterocycles. The van der Waals surface area contributed by atoms with Gasteiger partial charge in [0.1, 0.15) is 5.75 Å². The van der Waals surface area contributed by atoms with Crippen molar-refractivity contribution in [2.75, 3.05) is 6.61 Å². The van der Waals surface area contributed by atoms with Gasteiger partial charge in [0.05, 0.1) is 11.3 Å². The zero-order valence-corrected chi connectivity index (χ0v) is 8.59. The van der Waals surface area contributed by atoms with Gasteiger partial charge in [-0.2, -0.15) is 4.37 Å². The van der Waals surface area contributed by atoms with Crippen LogP contribution < -0.4 is 4.74 Å². The molecule has 0 radical (unpaired) electrons. The Labute approximate surface area is 86.7 Å². The van der Waals surface area contributed by atoms with Crippen molar-refractivity contribution in [2.45, 2.75) is 12.8 Å². The standard InChI is InChI=1S/C11H11NOS/c1-2-8(1)7-13-10-4-3-9-6-12-14-11(9)5-10/h3-6,8H,1-2,7H2. The van der Waals surface area contributed by atoms with Gasteiger partial charge in [-0.05, 0) is 48.5 Å². The van der Waals surface area contributed by atoms with Gasteiger partial charge in [0.2, 0.25) is 0 Å². The van der Waals surface area contributed by atoms with E-state index in [2.05, 4.69) is 16.5 Å². The smallest absolute Gasteiger partial charge is 0.120 e. The van der Waals surface area contributed by atoms with Crippen molar-refractivity contribution in [3.63, 3.8) is 0 Å². The number of nitrogens with zero attached hydrogens (tertiary/aromatic N) is 1. The van der Waals surface area contributed by atoms with E-state index >= 15 is 0 Å². The second-order valence-electron chi connectivity index (χ2n) is 3.78. The van der Waals surface area contributed by atoms with E-state index in [1.807, 2.05) is 12.3 Å². The van der Waals surface area contributed by atoms with Crippen molar-refractivity contribution in [3.8, 4) is 5.75 Å². The summed E-state index contributed by atoms with van der Waals surface area (Å²) in [6, 6.07) is 6.18. The van der Waals surface area contributed by atoms with Crippen LogP contribution in [0, 0.1) is 5.92 Å². The number of aromatic nitrogens is 1. The van der Waals surface area contributed by atoms with Crippen LogP contribution in [0.15, 0.2) is 24.4 Å². The molecule has 0 aliphatic heterocycles. The van der Waals surface area contributed by atoms with Crippen LogP contribution in [-0.2, 0) is 0 Å². The van der Waals surface area contributed by atoms with Gasteiger partial charge in [0.25, 0.3) is 0 Å². The molecule has 1 fully saturated rings. The third-order valence-electron chi connectivity index (χ3n) is 2.51. The molecule has 1 aliphatic rings. The van der Waals surface area contributed by atoms with Crippen LogP contribution in [0.4, 0.5) is 0 Å². The van der Waals surface area contributed by atoms with Gasteiger partial charge in [-0.25, -0.2) is 0 Å². The Morgan fingerprint density at radius 3 is 3.21 bits per heavy atom. The second-order valence-corrected chi connectivity index (χ2v) is 4.61. The van der Waals surface area contributed by atoms with Crippen LogP contribution in [-0.4, -0.2) is 11.0 Å². The Kier molecular flexibility index (Phi) is 1.91. The Morgan fingerprint density at radius 2 is 2.36 bits per heavy atom. The van der Waals surface area contributed by atoms with Crippen molar-refractivity contribution in [2.24, 2.45) is 5.92 Å². The molecular formula is C11H11NOS. The first-order valence-corrected chi connectivity index (χ1v) is 5.66. The van der Waals surface area contributed by atoms with Crippen molar-refractivity contribution >= 4 is 21.6 Å². The lowest BCUT2D eigenvalue weighted by atomic mass is 10.3. The van der Waals surface area contributed by atoms with Crippen LogP contribution in [0.25, 0.3) is 10.1 Å². The third-order valence-corrected chi connectivity index (χ3v) is 3.27. The topological polar surface area (TPSA) is 22.1 Å². The molecule has 3 rings (SSSR count). The number of benzene rings is 1. The van der Waals surface area contributed by atoms with Crippen LogP contribution >= 0.6 is 11.5 Å². The summed E-state index contributed by atoms with van der Waals surface area (Å²) in [5.41, 5.74) is 0. The largest absolute Gasteiger partial charge is 0.493 e. The molecular weight excluding hydrogens is 194 g/mol. The minimum absolute atomic E-state index is 0.812. The molecule has 2 aromatic rings. The van der Waals surface area contributed by atoms with E-state index in [-0.39, 0.29) is 0 Å². The van der Waals surface area contributed by atoms with Crippen molar-refractivity contribution in [1.29, 1.82) is 0 Å². The first kappa shape index (κ1) is 8.24. The third kappa shape index (κ3) is 1.60. The highest BCUT2D eigenvalue weighted by molar-refractivity contribution is 7.13. The molecule has 1 saturated carbocycles. The van der Waals surface area contributed by atoms with Crippen LogP contribution in [0.5, 0.6) is 5.75 Å². The summed E-state index contributed by atoms with van der Waals surface area (Å²) in [5, 5.41) is 1.20. The van der Waals surface area contributed by atoms with Gasteiger partial charge < -0.3 is 4.74 Å². The number of hydrogen-bond donors (Lipinski definition) is 0. The zero-order valence-electron chi connectivity index (χ0n) is 7.77. The number of rotatable bonds is 3. The molecule has 0 N–H and O–H groups in total. The fourth-order valence-corrected chi connectivity index (χ4v) is 2.10. The van der Waals surface area contributed by atoms with E-state index in [9.17, 15) is 0 Å². The highest BCUT2D eigenvalue weighted by Crippen LogP contribution is 2.30. The number of ether oxygens (including phenoxy) is 1. The van der Waals surface area contributed by atoms with Gasteiger partial charge in [0.15, 0.2) is 0 Å². The Hall–Kier alpha value is -1.09. The Morgan fingerprint density at radius 1 is 1.43 bits per heavy atom. The molecule has 72 valence electrons. The Bertz CT molecular complexity index is 447. The van der Waals surface area contributed by atoms with Gasteiger partial charge in [-0.3, -0.25) is 0 Å². The lowest BCUT2D eigenvalue weighted by Crippen LogP contribution is -1.98. The van der Waals surface area contributed by atoms with Gasteiger partial charge in [-0.1, -0.05) is 0 Å². The predicted octanol–water partition coefficient (Wildman–Crippen LogP) is 3.09. The molecule has 14 heavy (non-hydrogen) atoms. The van der Waals surface area contributed by atoms with Crippen LogP contribution in [0.2, 0.25) is 0 Å². The van der Waals surface area contributed by atoms with Crippen LogP contribution in [0.1, 0.15) is 12.8 Å². The minimum atomic E-state index is 0.812. The molecule has 0 atom stereocenters. The van der Waals surface area contributed by atoms with Crippen molar-refractivity contribution in [1.82, 2.24) is 4.37 Å². The second kappa shape index (κ2) is 3.24. The molecule has 0 amide bonds. The molecule has 3 heteroatoms. The van der Waals surface area contributed by atoms with E-state index in [4.69, 9.17) is 4.74 Å². The first-order valence-electron chi connectivity index (χ1n) is 4.89. The molecule has 0 saturated heterocycles. The zero-order chi connectivity index (χ0) is 9.38. The quantitative estimate of drug-likeness (QED) is 0.768. The summed E-state index contributed by atoms with van der Waals surface area (Å²) in [4.78, 5) is 0. The molecule has 1 aliphatic carbocycles. The van der Waals surface area contributed by atoms with Gasteiger partial charge >= 0.3 is 0 Å². The molecule has 1 heterocycles. The lowest BCUT2D eigenvalue weighted by molar-refractivity contribution is 0.300. The van der Waals surface area contributed by atoms with E-state index in [1.54, 1.807) is 0 Å². The Balaban J connectivity index is 1.81. The molecule has 2 nitrogen and oxygen atoms in total. The predicted molar refractivity (Wildman–Crippen MR) is 57.8 cm³/mol. The van der Waals surface area contributed by atoms with Gasteiger partial charge in [-0.15, -0.1) is 0 Å². The van der Waals surface area contributed by atoms with E-state index in [0.29, 0.717) is 0 Å². The molecule has 0 spiro atoms. The van der Waals surface area contributed by atoms with Crippen molar-refractivity contribution < 1.29 is 4.74 Å². The maximum atomic E-state index is 5.69.